The number of imidazole rings is 1. The largest absolute Gasteiger partial charge is 0.545 e. The van der Waals surface area contributed by atoms with Gasteiger partial charge in [0.1, 0.15) is 5.82 Å². The lowest BCUT2D eigenvalue weighted by Gasteiger charge is -2.21. The number of aromatic nitrogens is 2. The van der Waals surface area contributed by atoms with Crippen LogP contribution in [0.1, 0.15) is 47.6 Å². The van der Waals surface area contributed by atoms with Gasteiger partial charge in [-0.05, 0) is 42.5 Å². The van der Waals surface area contributed by atoms with Crippen molar-refractivity contribution in [3.63, 3.8) is 0 Å². The van der Waals surface area contributed by atoms with Crippen molar-refractivity contribution in [3.05, 3.63) is 65.5 Å². The highest BCUT2D eigenvalue weighted by molar-refractivity contribution is 5.91. The quantitative estimate of drug-likeness (QED) is 0.647. The van der Waals surface area contributed by atoms with Crippen molar-refractivity contribution >= 4 is 22.9 Å². The summed E-state index contributed by atoms with van der Waals surface area (Å²) in [4.78, 5) is 28.0. The van der Waals surface area contributed by atoms with E-state index < -0.39 is 5.97 Å². The summed E-state index contributed by atoms with van der Waals surface area (Å²) >= 11 is 0. The Balaban J connectivity index is 1.79. The lowest BCUT2D eigenvalue weighted by atomic mass is 10.0. The number of rotatable bonds is 7. The molecule has 1 N–H and O–H groups in total. The van der Waals surface area contributed by atoms with Crippen molar-refractivity contribution in [2.24, 2.45) is 0 Å². The van der Waals surface area contributed by atoms with Gasteiger partial charge in [0.05, 0.1) is 35.7 Å². The van der Waals surface area contributed by atoms with E-state index in [4.69, 9.17) is 9.72 Å². The molecule has 30 heavy (non-hydrogen) atoms. The molecule has 2 atom stereocenters. The SMILES string of the molecule is CC(=O)N[C@@H](Cc1ccccc1)c1nc2cc(C(=O)[O-])ccc2n1C[C@@H]1CCCO1. The number of hydrogen-bond acceptors (Lipinski definition) is 5. The molecular formula is C23H24N3O4-. The molecule has 1 aromatic heterocycles. The van der Waals surface area contributed by atoms with Crippen LogP contribution in [0, 0.1) is 0 Å². The van der Waals surface area contributed by atoms with Crippen molar-refractivity contribution in [1.82, 2.24) is 14.9 Å². The number of amides is 1. The smallest absolute Gasteiger partial charge is 0.217 e. The molecule has 0 radical (unpaired) electrons. The number of ether oxygens (including phenoxy) is 1. The number of carbonyl (C=O) groups excluding carboxylic acids is 2. The number of carbonyl (C=O) groups is 2. The third kappa shape index (κ3) is 4.36. The van der Waals surface area contributed by atoms with Crippen molar-refractivity contribution in [2.45, 2.75) is 44.9 Å². The number of benzene rings is 2. The van der Waals surface area contributed by atoms with Gasteiger partial charge in [-0.3, -0.25) is 4.79 Å². The fraction of sp³-hybridized carbons (Fsp3) is 0.348. The Bertz CT molecular complexity index is 1060. The molecule has 1 amide bonds. The lowest BCUT2D eigenvalue weighted by Crippen LogP contribution is -2.31. The van der Waals surface area contributed by atoms with Gasteiger partial charge in [0, 0.05) is 13.5 Å². The minimum Gasteiger partial charge on any atom is -0.545 e. The molecule has 7 nitrogen and oxygen atoms in total. The highest BCUT2D eigenvalue weighted by atomic mass is 16.5. The first-order chi connectivity index (χ1) is 14.5. The van der Waals surface area contributed by atoms with E-state index in [9.17, 15) is 14.7 Å². The molecule has 1 aliphatic heterocycles. The van der Waals surface area contributed by atoms with Gasteiger partial charge in [0.25, 0.3) is 0 Å². The van der Waals surface area contributed by atoms with Crippen molar-refractivity contribution in [3.8, 4) is 0 Å². The summed E-state index contributed by atoms with van der Waals surface area (Å²) in [6, 6.07) is 14.3. The lowest BCUT2D eigenvalue weighted by molar-refractivity contribution is -0.255. The van der Waals surface area contributed by atoms with E-state index in [2.05, 4.69) is 5.32 Å². The molecule has 0 bridgehead atoms. The van der Waals surface area contributed by atoms with E-state index in [0.29, 0.717) is 24.3 Å². The Kier molecular flexibility index (Phi) is 5.81. The van der Waals surface area contributed by atoms with Crippen LogP contribution in [-0.2, 0) is 22.5 Å². The first-order valence-corrected chi connectivity index (χ1v) is 10.2. The third-order valence-electron chi connectivity index (χ3n) is 5.40. The molecule has 0 saturated carbocycles. The van der Waals surface area contributed by atoms with Crippen LogP contribution in [0.3, 0.4) is 0 Å². The van der Waals surface area contributed by atoms with Crippen LogP contribution in [0.4, 0.5) is 0 Å². The number of nitrogens with one attached hydrogen (secondary N) is 1. The zero-order chi connectivity index (χ0) is 21.1. The van der Waals surface area contributed by atoms with Gasteiger partial charge < -0.3 is 24.5 Å². The van der Waals surface area contributed by atoms with Crippen LogP contribution < -0.4 is 10.4 Å². The molecule has 7 heteroatoms. The summed E-state index contributed by atoms with van der Waals surface area (Å²) in [7, 11) is 0. The molecule has 1 fully saturated rings. The van der Waals surface area contributed by atoms with E-state index in [0.717, 1.165) is 30.5 Å². The van der Waals surface area contributed by atoms with Crippen LogP contribution in [0.25, 0.3) is 11.0 Å². The van der Waals surface area contributed by atoms with Crippen LogP contribution >= 0.6 is 0 Å². The zero-order valence-corrected chi connectivity index (χ0v) is 16.8. The number of hydrogen-bond donors (Lipinski definition) is 1. The van der Waals surface area contributed by atoms with E-state index in [1.54, 1.807) is 6.07 Å². The Morgan fingerprint density at radius 1 is 1.27 bits per heavy atom. The summed E-state index contributed by atoms with van der Waals surface area (Å²) in [6.07, 6.45) is 2.61. The van der Waals surface area contributed by atoms with E-state index in [1.165, 1.54) is 19.1 Å². The number of nitrogens with zero attached hydrogens (tertiary/aromatic N) is 2. The molecule has 0 aliphatic carbocycles. The van der Waals surface area contributed by atoms with Crippen LogP contribution in [0.5, 0.6) is 0 Å². The minimum absolute atomic E-state index is 0.0664. The Hall–Kier alpha value is -3.19. The molecular weight excluding hydrogens is 382 g/mol. The predicted molar refractivity (Wildman–Crippen MR) is 110 cm³/mol. The highest BCUT2D eigenvalue weighted by Crippen LogP contribution is 2.27. The normalized spacial score (nSPS) is 17.2. The molecule has 1 aliphatic rings. The average molecular weight is 406 g/mol. The highest BCUT2D eigenvalue weighted by Gasteiger charge is 2.25. The number of aromatic carboxylic acids is 1. The molecule has 156 valence electrons. The minimum atomic E-state index is -1.24. The van der Waals surface area contributed by atoms with Gasteiger partial charge in [-0.15, -0.1) is 0 Å². The fourth-order valence-electron chi connectivity index (χ4n) is 4.03. The molecule has 3 aromatic rings. The summed E-state index contributed by atoms with van der Waals surface area (Å²) in [5.74, 6) is -0.702. The van der Waals surface area contributed by atoms with Gasteiger partial charge in [-0.25, -0.2) is 4.98 Å². The second kappa shape index (κ2) is 8.67. The summed E-state index contributed by atoms with van der Waals surface area (Å²) in [5, 5.41) is 14.3. The third-order valence-corrected chi connectivity index (χ3v) is 5.40. The fourth-order valence-corrected chi connectivity index (χ4v) is 4.03. The molecule has 0 spiro atoms. The number of fused-ring (bicyclic) bond motifs is 1. The zero-order valence-electron chi connectivity index (χ0n) is 16.8. The monoisotopic (exact) mass is 406 g/mol. The van der Waals surface area contributed by atoms with Gasteiger partial charge >= 0.3 is 0 Å². The maximum Gasteiger partial charge on any atom is 0.217 e. The van der Waals surface area contributed by atoms with Crippen molar-refractivity contribution < 1.29 is 19.4 Å². The molecule has 2 aromatic carbocycles. The standard InChI is InChI=1S/C23H25N3O4/c1-15(27)24-20(12-16-6-3-2-4-7-16)22-25-19-13-17(23(28)29)9-10-21(19)26(22)14-18-8-5-11-30-18/h2-4,6-7,9-10,13,18,20H,5,8,11-12,14H2,1H3,(H,24,27)(H,28,29)/p-1/t18-,20-/m0/s1. The maximum atomic E-state index is 12.0. The molecule has 0 unspecified atom stereocenters. The summed E-state index contributed by atoms with van der Waals surface area (Å²) < 4.78 is 7.88. The van der Waals surface area contributed by atoms with Crippen LogP contribution in [0.2, 0.25) is 0 Å². The summed E-state index contributed by atoms with van der Waals surface area (Å²) in [6.45, 7) is 2.82. The van der Waals surface area contributed by atoms with Crippen molar-refractivity contribution in [1.29, 1.82) is 0 Å². The Labute approximate surface area is 174 Å². The second-order valence-electron chi connectivity index (χ2n) is 7.65. The van der Waals surface area contributed by atoms with Gasteiger partial charge in [0.2, 0.25) is 5.91 Å². The summed E-state index contributed by atoms with van der Waals surface area (Å²) in [5.41, 5.74) is 2.53. The number of carboxylic acids is 1. The molecule has 4 rings (SSSR count). The van der Waals surface area contributed by atoms with Gasteiger partial charge in [-0.1, -0.05) is 36.4 Å². The van der Waals surface area contributed by atoms with E-state index in [1.807, 2.05) is 34.9 Å². The predicted octanol–water partition coefficient (Wildman–Crippen LogP) is 2.00. The molecule has 1 saturated heterocycles. The Morgan fingerprint density at radius 3 is 2.73 bits per heavy atom. The van der Waals surface area contributed by atoms with Gasteiger partial charge in [-0.2, -0.15) is 0 Å². The average Bonchev–Trinajstić information content (AvgIpc) is 3.36. The second-order valence-corrected chi connectivity index (χ2v) is 7.65. The molecule has 2 heterocycles. The number of carboxylic acid groups (broad SMARTS) is 1. The van der Waals surface area contributed by atoms with E-state index >= 15 is 0 Å². The Morgan fingerprint density at radius 2 is 2.07 bits per heavy atom. The first-order valence-electron chi connectivity index (χ1n) is 10.2. The van der Waals surface area contributed by atoms with Crippen LogP contribution in [-0.4, -0.2) is 34.1 Å². The van der Waals surface area contributed by atoms with Crippen LogP contribution in [0.15, 0.2) is 48.5 Å². The first kappa shape index (κ1) is 20.1. The topological polar surface area (TPSA) is 96.3 Å². The van der Waals surface area contributed by atoms with Gasteiger partial charge in [0.15, 0.2) is 0 Å². The maximum absolute atomic E-state index is 12.0. The van der Waals surface area contributed by atoms with E-state index in [-0.39, 0.29) is 23.6 Å². The van der Waals surface area contributed by atoms with Crippen molar-refractivity contribution in [2.75, 3.05) is 6.61 Å².